The van der Waals surface area contributed by atoms with Gasteiger partial charge in [-0.3, -0.25) is 0 Å². The Bertz CT molecular complexity index is 563. The van der Waals surface area contributed by atoms with Gasteiger partial charge >= 0.3 is 0 Å². The number of hydrogen-bond donors (Lipinski definition) is 1. The number of nitrogens with one attached hydrogen (secondary N) is 1. The first-order valence-corrected chi connectivity index (χ1v) is 7.22. The molecule has 0 radical (unpaired) electrons. The maximum absolute atomic E-state index is 13.8. The molecule has 0 heterocycles. The summed E-state index contributed by atoms with van der Waals surface area (Å²) in [5.41, 5.74) is 2.93. The summed E-state index contributed by atoms with van der Waals surface area (Å²) in [7, 11) is 0. The Labute approximate surface area is 124 Å². The number of halogens is 2. The van der Waals surface area contributed by atoms with Crippen LogP contribution < -0.4 is 5.32 Å². The molecule has 0 aromatic heterocycles. The van der Waals surface area contributed by atoms with E-state index in [1.807, 2.05) is 38.1 Å². The molecule has 0 aliphatic carbocycles. The van der Waals surface area contributed by atoms with E-state index in [-0.39, 0.29) is 11.9 Å². The fourth-order valence-corrected chi connectivity index (χ4v) is 2.70. The minimum absolute atomic E-state index is 0.0642. The van der Waals surface area contributed by atoms with E-state index >= 15 is 0 Å². The summed E-state index contributed by atoms with van der Waals surface area (Å²) in [6.45, 7) is 4.89. The SMILES string of the molecule is CCNC(Cc1ccccc1F)c1cc(C)cc(Cl)c1. The second-order valence-electron chi connectivity index (χ2n) is 4.97. The van der Waals surface area contributed by atoms with Crippen LogP contribution >= 0.6 is 11.6 Å². The maximum Gasteiger partial charge on any atom is 0.126 e. The van der Waals surface area contributed by atoms with Crippen molar-refractivity contribution >= 4 is 11.6 Å². The highest BCUT2D eigenvalue weighted by atomic mass is 35.5. The quantitative estimate of drug-likeness (QED) is 0.843. The summed E-state index contributed by atoms with van der Waals surface area (Å²) in [5.74, 6) is -0.158. The molecule has 2 aromatic rings. The van der Waals surface area contributed by atoms with Crippen LogP contribution in [0, 0.1) is 12.7 Å². The maximum atomic E-state index is 13.8. The molecular formula is C17H19ClFN. The fourth-order valence-electron chi connectivity index (χ4n) is 2.40. The molecule has 0 aliphatic rings. The lowest BCUT2D eigenvalue weighted by molar-refractivity contribution is 0.528. The van der Waals surface area contributed by atoms with Crippen LogP contribution in [0.4, 0.5) is 4.39 Å². The lowest BCUT2D eigenvalue weighted by Gasteiger charge is -2.19. The molecule has 1 atom stereocenters. The van der Waals surface area contributed by atoms with Gasteiger partial charge in [-0.25, -0.2) is 4.39 Å². The van der Waals surface area contributed by atoms with Gasteiger partial charge in [0, 0.05) is 11.1 Å². The van der Waals surface area contributed by atoms with Crippen molar-refractivity contribution in [2.45, 2.75) is 26.3 Å². The Hall–Kier alpha value is -1.38. The number of rotatable bonds is 5. The molecule has 1 unspecified atom stereocenters. The zero-order chi connectivity index (χ0) is 14.5. The van der Waals surface area contributed by atoms with Crippen LogP contribution in [0.15, 0.2) is 42.5 Å². The van der Waals surface area contributed by atoms with Crippen molar-refractivity contribution in [2.24, 2.45) is 0 Å². The van der Waals surface area contributed by atoms with Crippen LogP contribution in [-0.2, 0) is 6.42 Å². The normalized spacial score (nSPS) is 12.4. The summed E-state index contributed by atoms with van der Waals surface area (Å²) in [6.07, 6.45) is 0.611. The minimum atomic E-state index is -0.158. The van der Waals surface area contributed by atoms with Crippen LogP contribution in [0.25, 0.3) is 0 Å². The minimum Gasteiger partial charge on any atom is -0.310 e. The Morgan fingerprint density at radius 3 is 2.60 bits per heavy atom. The molecule has 3 heteroatoms. The molecule has 0 bridgehead atoms. The van der Waals surface area contributed by atoms with Gasteiger partial charge < -0.3 is 5.32 Å². The second kappa shape index (κ2) is 6.87. The van der Waals surface area contributed by atoms with E-state index in [9.17, 15) is 4.39 Å². The average molecular weight is 292 g/mol. The van der Waals surface area contributed by atoms with E-state index in [0.29, 0.717) is 6.42 Å². The van der Waals surface area contributed by atoms with Crippen LogP contribution in [0.3, 0.4) is 0 Å². The Kier molecular flexibility index (Phi) is 5.16. The van der Waals surface area contributed by atoms with Crippen molar-refractivity contribution in [2.75, 3.05) is 6.54 Å². The third-order valence-electron chi connectivity index (χ3n) is 3.30. The number of benzene rings is 2. The van der Waals surface area contributed by atoms with Crippen LogP contribution in [0.1, 0.15) is 29.7 Å². The number of likely N-dealkylation sites (N-methyl/N-ethyl adjacent to an activating group) is 1. The van der Waals surface area contributed by atoms with Crippen molar-refractivity contribution in [3.8, 4) is 0 Å². The van der Waals surface area contributed by atoms with Crippen molar-refractivity contribution in [1.82, 2.24) is 5.32 Å². The smallest absolute Gasteiger partial charge is 0.126 e. The molecule has 1 nitrogen and oxygen atoms in total. The third-order valence-corrected chi connectivity index (χ3v) is 3.52. The molecule has 2 aromatic carbocycles. The van der Waals surface area contributed by atoms with Crippen molar-refractivity contribution < 1.29 is 4.39 Å². The van der Waals surface area contributed by atoms with E-state index < -0.39 is 0 Å². The molecule has 0 spiro atoms. The molecule has 0 fully saturated rings. The van der Waals surface area contributed by atoms with E-state index in [1.165, 1.54) is 6.07 Å². The first-order valence-electron chi connectivity index (χ1n) is 6.84. The van der Waals surface area contributed by atoms with Gasteiger partial charge in [-0.05, 0) is 54.8 Å². The molecule has 106 valence electrons. The molecule has 0 amide bonds. The highest BCUT2D eigenvalue weighted by molar-refractivity contribution is 6.30. The van der Waals surface area contributed by atoms with Crippen molar-refractivity contribution in [1.29, 1.82) is 0 Å². The van der Waals surface area contributed by atoms with Gasteiger partial charge in [-0.1, -0.05) is 42.8 Å². The first-order chi connectivity index (χ1) is 9.60. The molecule has 1 N–H and O–H groups in total. The highest BCUT2D eigenvalue weighted by Crippen LogP contribution is 2.24. The van der Waals surface area contributed by atoms with Gasteiger partial charge in [0.25, 0.3) is 0 Å². The van der Waals surface area contributed by atoms with Crippen molar-refractivity contribution in [3.05, 3.63) is 70.0 Å². The highest BCUT2D eigenvalue weighted by Gasteiger charge is 2.14. The van der Waals surface area contributed by atoms with Gasteiger partial charge in [0.2, 0.25) is 0 Å². The summed E-state index contributed by atoms with van der Waals surface area (Å²) in [6, 6.07) is 12.9. The van der Waals surface area contributed by atoms with Gasteiger partial charge in [0.15, 0.2) is 0 Å². The molecular weight excluding hydrogens is 273 g/mol. The topological polar surface area (TPSA) is 12.0 Å². The Morgan fingerprint density at radius 1 is 1.20 bits per heavy atom. The van der Waals surface area contributed by atoms with Gasteiger partial charge in [0.05, 0.1) is 0 Å². The number of aryl methyl sites for hydroxylation is 1. The fraction of sp³-hybridized carbons (Fsp3) is 0.294. The average Bonchev–Trinajstić information content (AvgIpc) is 2.39. The lowest BCUT2D eigenvalue weighted by Crippen LogP contribution is -2.23. The van der Waals surface area contributed by atoms with Crippen LogP contribution in [0.2, 0.25) is 5.02 Å². The van der Waals surface area contributed by atoms with E-state index in [2.05, 4.69) is 11.4 Å². The summed E-state index contributed by atoms with van der Waals surface area (Å²) >= 11 is 6.13. The standard InChI is InChI=1S/C17H19ClFN/c1-3-20-17(11-13-6-4-5-7-16(13)19)14-8-12(2)9-15(18)10-14/h4-10,17,20H,3,11H2,1-2H3. The zero-order valence-corrected chi connectivity index (χ0v) is 12.5. The predicted molar refractivity (Wildman–Crippen MR) is 82.7 cm³/mol. The lowest BCUT2D eigenvalue weighted by atomic mass is 9.97. The second-order valence-corrected chi connectivity index (χ2v) is 5.40. The van der Waals surface area contributed by atoms with Gasteiger partial charge in [0.1, 0.15) is 5.82 Å². The molecule has 20 heavy (non-hydrogen) atoms. The van der Waals surface area contributed by atoms with Crippen LogP contribution in [-0.4, -0.2) is 6.54 Å². The largest absolute Gasteiger partial charge is 0.310 e. The van der Waals surface area contributed by atoms with E-state index in [1.54, 1.807) is 6.07 Å². The van der Waals surface area contributed by atoms with E-state index in [4.69, 9.17) is 11.6 Å². The zero-order valence-electron chi connectivity index (χ0n) is 11.8. The van der Waals surface area contributed by atoms with E-state index in [0.717, 1.165) is 28.3 Å². The number of hydrogen-bond acceptors (Lipinski definition) is 1. The molecule has 0 saturated carbocycles. The first kappa shape index (κ1) is 15.0. The van der Waals surface area contributed by atoms with Gasteiger partial charge in [-0.2, -0.15) is 0 Å². The van der Waals surface area contributed by atoms with Gasteiger partial charge in [-0.15, -0.1) is 0 Å². The monoisotopic (exact) mass is 291 g/mol. The Balaban J connectivity index is 2.29. The molecule has 0 saturated heterocycles. The Morgan fingerprint density at radius 2 is 1.95 bits per heavy atom. The summed E-state index contributed by atoms with van der Waals surface area (Å²) in [4.78, 5) is 0. The summed E-state index contributed by atoms with van der Waals surface area (Å²) < 4.78 is 13.8. The third kappa shape index (κ3) is 3.81. The predicted octanol–water partition coefficient (Wildman–Crippen LogP) is 4.68. The van der Waals surface area contributed by atoms with Crippen molar-refractivity contribution in [3.63, 3.8) is 0 Å². The van der Waals surface area contributed by atoms with Crippen LogP contribution in [0.5, 0.6) is 0 Å². The molecule has 2 rings (SSSR count). The summed E-state index contributed by atoms with van der Waals surface area (Å²) in [5, 5.41) is 4.12. The molecule has 0 aliphatic heterocycles.